The van der Waals surface area contributed by atoms with Crippen molar-refractivity contribution in [1.29, 1.82) is 0 Å². The van der Waals surface area contributed by atoms with Crippen LogP contribution < -0.4 is 5.32 Å². The van der Waals surface area contributed by atoms with Gasteiger partial charge in [-0.3, -0.25) is 10.1 Å². The minimum Gasteiger partial charge on any atom is -0.298 e. The van der Waals surface area contributed by atoms with Crippen molar-refractivity contribution < 1.29 is 13.2 Å². The highest BCUT2D eigenvalue weighted by atomic mass is 32.2. The minimum absolute atomic E-state index is 0.223. The minimum atomic E-state index is -3.29. The molecule has 9 heteroatoms. The number of fused-ring (bicyclic) bond motifs is 1. The van der Waals surface area contributed by atoms with Crippen LogP contribution in [0.3, 0.4) is 0 Å². The van der Waals surface area contributed by atoms with Crippen LogP contribution in [-0.4, -0.2) is 35.3 Å². The predicted molar refractivity (Wildman–Crippen MR) is 104 cm³/mol. The van der Waals surface area contributed by atoms with Gasteiger partial charge in [-0.15, -0.1) is 0 Å². The van der Waals surface area contributed by atoms with E-state index in [1.165, 1.54) is 23.6 Å². The first-order chi connectivity index (χ1) is 12.9. The third-order valence-electron chi connectivity index (χ3n) is 3.87. The van der Waals surface area contributed by atoms with Gasteiger partial charge in [0.2, 0.25) is 0 Å². The smallest absolute Gasteiger partial charge is 0.260 e. The normalized spacial score (nSPS) is 11.6. The molecule has 4 rings (SSSR count). The molecule has 136 valence electrons. The molecule has 0 spiro atoms. The molecular weight excluding hydrogens is 384 g/mol. The van der Waals surface area contributed by atoms with Crippen LogP contribution in [0, 0.1) is 0 Å². The monoisotopic (exact) mass is 398 g/mol. The second-order valence-corrected chi connectivity index (χ2v) is 8.93. The van der Waals surface area contributed by atoms with Gasteiger partial charge in [0.15, 0.2) is 15.0 Å². The lowest BCUT2D eigenvalue weighted by Crippen LogP contribution is -2.10. The molecule has 0 aliphatic carbocycles. The highest BCUT2D eigenvalue weighted by Gasteiger charge is 2.14. The Morgan fingerprint density at radius 3 is 2.67 bits per heavy atom. The Bertz CT molecular complexity index is 1240. The van der Waals surface area contributed by atoms with Gasteiger partial charge in [-0.2, -0.15) is 5.10 Å². The molecule has 27 heavy (non-hydrogen) atoms. The lowest BCUT2D eigenvalue weighted by Gasteiger charge is -1.99. The maximum atomic E-state index is 12.5. The van der Waals surface area contributed by atoms with E-state index in [4.69, 9.17) is 0 Å². The fraction of sp³-hybridized carbons (Fsp3) is 0.0556. The van der Waals surface area contributed by atoms with Crippen LogP contribution in [0.2, 0.25) is 0 Å². The number of carbonyl (C=O) groups is 1. The summed E-state index contributed by atoms with van der Waals surface area (Å²) in [6, 6.07) is 14.2. The number of nitrogens with one attached hydrogen (secondary N) is 1. The Morgan fingerprint density at radius 2 is 1.93 bits per heavy atom. The summed E-state index contributed by atoms with van der Waals surface area (Å²) in [4.78, 5) is 17.0. The van der Waals surface area contributed by atoms with Crippen LogP contribution in [0.15, 0.2) is 65.8 Å². The fourth-order valence-electron chi connectivity index (χ4n) is 2.52. The topological polar surface area (TPSA) is 93.9 Å². The summed E-state index contributed by atoms with van der Waals surface area (Å²) in [5.74, 6) is -0.334. The van der Waals surface area contributed by atoms with Crippen molar-refractivity contribution in [3.63, 3.8) is 0 Å². The van der Waals surface area contributed by atoms with Crippen molar-refractivity contribution in [2.45, 2.75) is 4.90 Å². The molecule has 1 amide bonds. The van der Waals surface area contributed by atoms with Crippen LogP contribution >= 0.6 is 11.3 Å². The first-order valence-corrected chi connectivity index (χ1v) is 10.6. The number of hydrogen-bond donors (Lipinski definition) is 1. The average Bonchev–Trinajstić information content (AvgIpc) is 3.27. The van der Waals surface area contributed by atoms with Crippen molar-refractivity contribution in [3.05, 3.63) is 66.5 Å². The van der Waals surface area contributed by atoms with Crippen LogP contribution in [0.1, 0.15) is 10.4 Å². The lowest BCUT2D eigenvalue weighted by atomic mass is 10.3. The van der Waals surface area contributed by atoms with Crippen LogP contribution in [0.5, 0.6) is 0 Å². The molecule has 0 bridgehead atoms. The van der Waals surface area contributed by atoms with Crippen LogP contribution in [0.4, 0.5) is 5.13 Å². The van der Waals surface area contributed by atoms with Crippen molar-refractivity contribution in [2.75, 3.05) is 11.6 Å². The Labute approximate surface area is 159 Å². The molecule has 0 atom stereocenters. The molecule has 1 N–H and O–H groups in total. The van der Waals surface area contributed by atoms with E-state index in [0.717, 1.165) is 11.9 Å². The molecule has 0 aliphatic heterocycles. The number of benzene rings is 2. The van der Waals surface area contributed by atoms with Crippen molar-refractivity contribution in [1.82, 2.24) is 14.8 Å². The van der Waals surface area contributed by atoms with Gasteiger partial charge in [-0.1, -0.05) is 29.5 Å². The number of carbonyl (C=O) groups excluding carboxylic acids is 1. The number of nitrogens with zero attached hydrogens (tertiary/aromatic N) is 3. The second-order valence-electron chi connectivity index (χ2n) is 5.88. The van der Waals surface area contributed by atoms with E-state index in [9.17, 15) is 13.2 Å². The van der Waals surface area contributed by atoms with Gasteiger partial charge < -0.3 is 0 Å². The Kier molecular flexibility index (Phi) is 4.25. The molecule has 2 aromatic carbocycles. The van der Waals surface area contributed by atoms with Gasteiger partial charge >= 0.3 is 0 Å². The maximum absolute atomic E-state index is 12.5. The molecule has 4 aromatic rings. The molecule has 2 aromatic heterocycles. The molecule has 0 fully saturated rings. The summed E-state index contributed by atoms with van der Waals surface area (Å²) in [7, 11) is -3.29. The van der Waals surface area contributed by atoms with E-state index < -0.39 is 9.84 Å². The number of amides is 1. The van der Waals surface area contributed by atoms with Gasteiger partial charge in [0.25, 0.3) is 5.91 Å². The van der Waals surface area contributed by atoms with Gasteiger partial charge in [0.1, 0.15) is 0 Å². The number of anilines is 1. The average molecular weight is 398 g/mol. The van der Waals surface area contributed by atoms with Gasteiger partial charge in [-0.25, -0.2) is 18.1 Å². The Morgan fingerprint density at radius 1 is 1.15 bits per heavy atom. The highest BCUT2D eigenvalue weighted by Crippen LogP contribution is 2.28. The van der Waals surface area contributed by atoms with Crippen molar-refractivity contribution in [3.8, 4) is 5.69 Å². The van der Waals surface area contributed by atoms with Crippen LogP contribution in [-0.2, 0) is 9.84 Å². The van der Waals surface area contributed by atoms with Crippen molar-refractivity contribution >= 4 is 42.4 Å². The molecular formula is C18H14N4O3S2. The summed E-state index contributed by atoms with van der Waals surface area (Å²) in [6.45, 7) is 0. The summed E-state index contributed by atoms with van der Waals surface area (Å²) < 4.78 is 25.6. The Hall–Kier alpha value is -3.04. The lowest BCUT2D eigenvalue weighted by molar-refractivity contribution is 0.102. The third-order valence-corrected chi connectivity index (χ3v) is 5.92. The zero-order valence-corrected chi connectivity index (χ0v) is 15.8. The largest absolute Gasteiger partial charge is 0.298 e. The summed E-state index contributed by atoms with van der Waals surface area (Å²) in [5.41, 5.74) is 1.88. The second kappa shape index (κ2) is 6.60. The maximum Gasteiger partial charge on any atom is 0.260 e. The van der Waals surface area contributed by atoms with Gasteiger partial charge in [0, 0.05) is 12.5 Å². The molecule has 0 saturated heterocycles. The zero-order valence-electron chi connectivity index (χ0n) is 14.2. The molecule has 0 unspecified atom stereocenters. The van der Waals surface area contributed by atoms with E-state index in [1.807, 2.05) is 30.3 Å². The number of sulfone groups is 1. The molecule has 0 radical (unpaired) electrons. The Balaban J connectivity index is 1.57. The molecule has 0 aliphatic rings. The van der Waals surface area contributed by atoms with Crippen LogP contribution in [0.25, 0.3) is 15.9 Å². The number of para-hydroxylation sites is 1. The summed E-state index contributed by atoms with van der Waals surface area (Å²) in [5, 5.41) is 7.34. The van der Waals surface area contributed by atoms with E-state index in [1.54, 1.807) is 23.0 Å². The van der Waals surface area contributed by atoms with E-state index in [0.29, 0.717) is 20.9 Å². The molecule has 2 heterocycles. The zero-order chi connectivity index (χ0) is 19.0. The first-order valence-electron chi connectivity index (χ1n) is 7.92. The summed E-state index contributed by atoms with van der Waals surface area (Å²) in [6.07, 6.45) is 4.28. The first kappa shape index (κ1) is 17.4. The van der Waals surface area contributed by atoms with E-state index in [2.05, 4.69) is 15.4 Å². The van der Waals surface area contributed by atoms with E-state index >= 15 is 0 Å². The van der Waals surface area contributed by atoms with E-state index in [-0.39, 0.29) is 10.8 Å². The number of aromatic nitrogens is 3. The summed E-state index contributed by atoms with van der Waals surface area (Å²) >= 11 is 1.22. The third kappa shape index (κ3) is 3.60. The quantitative estimate of drug-likeness (QED) is 0.570. The number of thiazole rings is 1. The molecule has 7 nitrogen and oxygen atoms in total. The number of hydrogen-bond acceptors (Lipinski definition) is 6. The standard InChI is InChI=1S/C18H14N4O3S2/c1-27(24,25)14-7-8-15-16(9-14)26-18(20-15)21-17(23)12-10-19-22(11-12)13-5-3-2-4-6-13/h2-11H,1H3,(H,20,21,23). The molecule has 0 saturated carbocycles. The van der Waals surface area contributed by atoms with Crippen molar-refractivity contribution in [2.24, 2.45) is 0 Å². The number of rotatable bonds is 4. The van der Waals surface area contributed by atoms with Gasteiger partial charge in [-0.05, 0) is 30.3 Å². The predicted octanol–water partition coefficient (Wildman–Crippen LogP) is 3.14. The van der Waals surface area contributed by atoms with Gasteiger partial charge in [0.05, 0.1) is 32.6 Å². The SMILES string of the molecule is CS(=O)(=O)c1ccc2nc(NC(=O)c3cnn(-c4ccccc4)c3)sc2c1. The fourth-order valence-corrected chi connectivity index (χ4v) is 4.14. The highest BCUT2D eigenvalue weighted by molar-refractivity contribution is 7.90.